The second kappa shape index (κ2) is 17.4. The van der Waals surface area contributed by atoms with Gasteiger partial charge in [0.1, 0.15) is 0 Å². The Labute approximate surface area is 323 Å². The lowest BCUT2D eigenvalue weighted by atomic mass is 9.80. The third-order valence-corrected chi connectivity index (χ3v) is 6.94. The maximum Gasteiger partial charge on any atom is 0.460 e. The van der Waals surface area contributed by atoms with Gasteiger partial charge in [-0.3, -0.25) is 0 Å². The number of carbonyl (C=O) groups is 4. The molecule has 61 heavy (non-hydrogen) atoms. The van der Waals surface area contributed by atoms with Gasteiger partial charge in [-0.2, -0.15) is 105 Å². The minimum Gasteiger partial charge on any atom is -0.478 e. The van der Waals surface area contributed by atoms with Gasteiger partial charge in [0.25, 0.3) is 0 Å². The first-order chi connectivity index (χ1) is 26.1. The van der Waals surface area contributed by atoms with E-state index in [-0.39, 0.29) is 24.3 Å². The van der Waals surface area contributed by atoms with Gasteiger partial charge in [-0.25, -0.2) is 19.2 Å². The Hall–Kier alpha value is -4.32. The number of hydrogen-bond donors (Lipinski definition) is 2. The van der Waals surface area contributed by atoms with Gasteiger partial charge in [-0.15, -0.1) is 0 Å². The van der Waals surface area contributed by atoms with Crippen molar-refractivity contribution in [3.05, 3.63) is 24.3 Å². The molecule has 0 saturated carbocycles. The molecule has 0 aromatic heterocycles. The number of alkyl halides is 24. The smallest absolute Gasteiger partial charge is 0.460 e. The van der Waals surface area contributed by atoms with E-state index in [0.717, 1.165) is 0 Å². The molecule has 0 aromatic carbocycles. The molecular formula is C29H26F24O8. The van der Waals surface area contributed by atoms with Crippen molar-refractivity contribution >= 4 is 23.9 Å². The zero-order valence-corrected chi connectivity index (χ0v) is 30.4. The summed E-state index contributed by atoms with van der Waals surface area (Å²) in [6.07, 6.45) is -22.8. The highest BCUT2D eigenvalue weighted by Gasteiger charge is 2.92. The minimum absolute atomic E-state index is 0.0231. The first-order valence-corrected chi connectivity index (χ1v) is 14.9. The molecule has 0 rings (SSSR count). The van der Waals surface area contributed by atoms with Crippen molar-refractivity contribution in [1.29, 1.82) is 0 Å². The third-order valence-electron chi connectivity index (χ3n) is 6.94. The Balaban J connectivity index is 0. The van der Waals surface area contributed by atoms with Crippen LogP contribution in [0.5, 0.6) is 0 Å². The van der Waals surface area contributed by atoms with Gasteiger partial charge < -0.3 is 19.7 Å². The summed E-state index contributed by atoms with van der Waals surface area (Å²) in [5, 5.41) is 16.5. The number of ether oxygens (including phenoxy) is 2. The van der Waals surface area contributed by atoms with E-state index in [1.165, 1.54) is 0 Å². The highest BCUT2D eigenvalue weighted by molar-refractivity contribution is 5.91. The van der Waals surface area contributed by atoms with E-state index in [4.69, 9.17) is 10.2 Å². The molecule has 0 saturated heterocycles. The Kier molecular flexibility index (Phi) is 16.8. The average molecular weight is 958 g/mol. The molecule has 2 N–H and O–H groups in total. The number of hydrogen-bond acceptors (Lipinski definition) is 6. The molecule has 32 heteroatoms. The number of esters is 2. The van der Waals surface area contributed by atoms with Crippen LogP contribution in [0.25, 0.3) is 0 Å². The molecule has 0 aliphatic rings. The first kappa shape index (κ1) is 58.8. The molecule has 0 spiro atoms. The summed E-state index contributed by atoms with van der Waals surface area (Å²) in [4.78, 5) is 43.2. The van der Waals surface area contributed by atoms with Crippen LogP contribution >= 0.6 is 0 Å². The summed E-state index contributed by atoms with van der Waals surface area (Å²) in [6, 6.07) is 0. The summed E-state index contributed by atoms with van der Waals surface area (Å²) in [6.45, 7) is 3.27. The quantitative estimate of drug-likeness (QED) is 0.0944. The third kappa shape index (κ3) is 11.4. The topological polar surface area (TPSA) is 127 Å². The molecule has 0 aromatic rings. The summed E-state index contributed by atoms with van der Waals surface area (Å²) >= 11 is 0. The molecule has 358 valence electrons. The van der Waals surface area contributed by atoms with E-state index >= 15 is 0 Å². The van der Waals surface area contributed by atoms with Gasteiger partial charge in [-0.05, 0) is 0 Å². The molecule has 2 unspecified atom stereocenters. The number of carbonyl (C=O) groups excluding carboxylic acids is 2. The normalized spacial score (nSPS) is 16.2. The molecule has 2 atom stereocenters. The number of aliphatic carboxylic acids is 2. The van der Waals surface area contributed by atoms with E-state index in [1.807, 2.05) is 0 Å². The molecule has 0 heterocycles. The Morgan fingerprint density at radius 2 is 0.557 bits per heavy atom. The van der Waals surface area contributed by atoms with E-state index in [9.17, 15) is 125 Å². The predicted molar refractivity (Wildman–Crippen MR) is 149 cm³/mol. The van der Waals surface area contributed by atoms with Gasteiger partial charge in [0.2, 0.25) is 0 Å². The van der Waals surface area contributed by atoms with Crippen LogP contribution in [0, 0.1) is 10.8 Å². The van der Waals surface area contributed by atoms with Crippen LogP contribution in [0.1, 0.15) is 41.5 Å². The van der Waals surface area contributed by atoms with Crippen molar-refractivity contribution in [3.8, 4) is 0 Å². The van der Waals surface area contributed by atoms with Crippen LogP contribution in [0.4, 0.5) is 105 Å². The van der Waals surface area contributed by atoms with E-state index in [0.29, 0.717) is 41.5 Å². The fourth-order valence-corrected chi connectivity index (χ4v) is 3.87. The van der Waals surface area contributed by atoms with Crippen LogP contribution in [0.2, 0.25) is 0 Å². The fraction of sp³-hybridized carbons (Fsp3) is 0.724. The van der Waals surface area contributed by atoms with Crippen molar-refractivity contribution in [1.82, 2.24) is 0 Å². The molecular weight excluding hydrogens is 932 g/mol. The van der Waals surface area contributed by atoms with Crippen LogP contribution in [-0.2, 0) is 28.7 Å². The zero-order valence-electron chi connectivity index (χ0n) is 30.4. The first-order valence-electron chi connectivity index (χ1n) is 14.9. The van der Waals surface area contributed by atoms with Gasteiger partial charge in [0.05, 0.1) is 0 Å². The maximum absolute atomic E-state index is 14.3. The minimum atomic E-state index is -8.10. The van der Waals surface area contributed by atoms with Crippen molar-refractivity contribution in [3.63, 3.8) is 0 Å². The number of rotatable bonds is 15. The van der Waals surface area contributed by atoms with Crippen LogP contribution < -0.4 is 0 Å². The Bertz CT molecular complexity index is 1650. The van der Waals surface area contributed by atoms with Gasteiger partial charge in [0.15, 0.2) is 12.2 Å². The van der Waals surface area contributed by atoms with E-state index in [1.54, 1.807) is 0 Å². The van der Waals surface area contributed by atoms with Crippen molar-refractivity contribution in [2.45, 2.75) is 119 Å². The molecule has 0 radical (unpaired) electrons. The predicted octanol–water partition coefficient (Wildman–Crippen LogP) is 10.0. The van der Waals surface area contributed by atoms with E-state index < -0.39 is 113 Å². The number of carboxylic acids is 2. The Morgan fingerprint density at radius 3 is 0.738 bits per heavy atom. The lowest BCUT2D eigenvalue weighted by Crippen LogP contribution is -2.72. The fourth-order valence-electron chi connectivity index (χ4n) is 3.87. The van der Waals surface area contributed by atoms with Crippen molar-refractivity contribution in [2.75, 3.05) is 0 Å². The highest BCUT2D eigenvalue weighted by atomic mass is 19.4. The molecule has 0 fully saturated rings. The largest absolute Gasteiger partial charge is 0.478 e. The monoisotopic (exact) mass is 958 g/mol. The van der Waals surface area contributed by atoms with Crippen LogP contribution in [0.3, 0.4) is 0 Å². The molecule has 0 aliphatic heterocycles. The lowest BCUT2D eigenvalue weighted by Gasteiger charge is -2.44. The highest BCUT2D eigenvalue weighted by Crippen LogP contribution is 2.62. The van der Waals surface area contributed by atoms with Crippen LogP contribution in [-0.4, -0.2) is 112 Å². The average Bonchev–Trinajstić information content (AvgIpc) is 3.01. The zero-order chi connectivity index (χ0) is 50.2. The van der Waals surface area contributed by atoms with Gasteiger partial charge in [-0.1, -0.05) is 41.5 Å². The number of carboxylic acid groups (broad SMARTS) is 2. The molecule has 0 bridgehead atoms. The standard InChI is InChI=1S/C15H13F13O4.C14H13F11O4/c1-9(2,3)8(32-7(31)5-4-6(29)30)10(16,17)11(18,19)12(20,21)13(22,23)14(24,25)15(26,27)28;1-9(2,3)8(29-7(28)5-4-6(26)27)10(15,16)11(17,18)12(19,20)13(21,22)14(23,24)25/h4-5,8H,1-3H3,(H,29,30);4-5,8H,1-3H3,(H,26,27)/b2*5-4+. The Morgan fingerprint density at radius 1 is 0.361 bits per heavy atom. The second-order valence-corrected chi connectivity index (χ2v) is 14.0. The summed E-state index contributed by atoms with van der Waals surface area (Å²) in [5.41, 5.74) is -4.97. The van der Waals surface area contributed by atoms with Gasteiger partial charge in [0, 0.05) is 35.1 Å². The second-order valence-electron chi connectivity index (χ2n) is 14.0. The van der Waals surface area contributed by atoms with Gasteiger partial charge >= 0.3 is 89.5 Å². The van der Waals surface area contributed by atoms with Crippen molar-refractivity contribution < 1.29 is 144 Å². The van der Waals surface area contributed by atoms with Crippen molar-refractivity contribution in [2.24, 2.45) is 10.8 Å². The molecule has 8 nitrogen and oxygen atoms in total. The number of halogens is 24. The molecule has 0 aliphatic carbocycles. The molecule has 0 amide bonds. The summed E-state index contributed by atoms with van der Waals surface area (Å²) in [7, 11) is 0. The maximum atomic E-state index is 14.3. The SMILES string of the molecule is CC(C)(C)C(OC(=O)/C=C/C(=O)O)C(F)(F)C(F)(F)C(F)(F)C(F)(F)C(F)(F)C(F)(F)F.CC(C)(C)C(OC(=O)/C=C/C(=O)O)C(F)(F)C(F)(F)C(F)(F)C(F)(F)C(F)(F)F. The van der Waals surface area contributed by atoms with Crippen LogP contribution in [0.15, 0.2) is 24.3 Å². The lowest BCUT2D eigenvalue weighted by molar-refractivity contribution is -0.446. The summed E-state index contributed by atoms with van der Waals surface area (Å²) in [5.74, 6) is -75.5. The van der Waals surface area contributed by atoms with E-state index in [2.05, 4.69) is 9.47 Å². The summed E-state index contributed by atoms with van der Waals surface area (Å²) < 4.78 is 325.